The molecule has 4 rings (SSSR count). The molecule has 0 saturated heterocycles. The third kappa shape index (κ3) is 8.18. The van der Waals surface area contributed by atoms with E-state index in [9.17, 15) is 24.3 Å². The number of anilines is 1. The molecular formula is C31H31N5O6. The highest BCUT2D eigenvalue weighted by Gasteiger charge is 2.28. The lowest BCUT2D eigenvalue weighted by Gasteiger charge is -2.24. The van der Waals surface area contributed by atoms with Crippen molar-refractivity contribution >= 4 is 23.8 Å². The molecule has 0 aliphatic rings. The van der Waals surface area contributed by atoms with Crippen molar-refractivity contribution < 1.29 is 24.2 Å². The van der Waals surface area contributed by atoms with Gasteiger partial charge in [0.15, 0.2) is 5.78 Å². The molecule has 0 aliphatic heterocycles. The van der Waals surface area contributed by atoms with Crippen LogP contribution in [0.25, 0.3) is 11.4 Å². The zero-order valence-electron chi connectivity index (χ0n) is 22.8. The number of hydrogen-bond acceptors (Lipinski definition) is 8. The van der Waals surface area contributed by atoms with Gasteiger partial charge in [0.05, 0.1) is 18.8 Å². The summed E-state index contributed by atoms with van der Waals surface area (Å²) in [5.74, 6) is -0.421. The molecule has 2 atom stereocenters. The molecule has 0 saturated carbocycles. The quantitative estimate of drug-likeness (QED) is 0.146. The van der Waals surface area contributed by atoms with Crippen molar-refractivity contribution in [2.75, 3.05) is 11.9 Å². The fourth-order valence-corrected chi connectivity index (χ4v) is 4.35. The highest BCUT2D eigenvalue weighted by molar-refractivity contribution is 5.85. The number of aliphatic hydroxyl groups excluding tert-OH is 1. The van der Waals surface area contributed by atoms with Gasteiger partial charge in [0.2, 0.25) is 18.2 Å². The molecule has 0 bridgehead atoms. The van der Waals surface area contributed by atoms with Crippen LogP contribution in [0.2, 0.25) is 0 Å². The molecule has 11 heteroatoms. The zero-order chi connectivity index (χ0) is 29.7. The maximum atomic E-state index is 13.3. The Hall–Kier alpha value is -5.16. The minimum absolute atomic E-state index is 0.0239. The molecule has 0 fully saturated rings. The van der Waals surface area contributed by atoms with Crippen LogP contribution in [-0.4, -0.2) is 56.5 Å². The fraction of sp³-hybridized carbons (Fsp3) is 0.226. The Kier molecular flexibility index (Phi) is 10.7. The Bertz CT molecular complexity index is 1530. The van der Waals surface area contributed by atoms with Crippen molar-refractivity contribution in [3.63, 3.8) is 0 Å². The van der Waals surface area contributed by atoms with E-state index >= 15 is 0 Å². The fourth-order valence-electron chi connectivity index (χ4n) is 4.35. The molecule has 2 amide bonds. The van der Waals surface area contributed by atoms with E-state index < -0.39 is 35.9 Å². The third-order valence-electron chi connectivity index (χ3n) is 6.41. The lowest BCUT2D eigenvalue weighted by molar-refractivity contribution is -0.130. The molecule has 42 heavy (non-hydrogen) atoms. The SMILES string of the molecule is O=CNc1cnc(-c2ccccc2)n(CC(=O)N[C@@H](Cc2ccccc2)[C@@H](O)C(=O)CCCOc2ccccn2)c1=O. The number of aromatic nitrogens is 3. The molecule has 11 nitrogen and oxygen atoms in total. The molecular weight excluding hydrogens is 538 g/mol. The van der Waals surface area contributed by atoms with Gasteiger partial charge in [-0.05, 0) is 24.5 Å². The number of Topliss-reactive ketones (excluding diaryl/α,β-unsaturated/α-hetero) is 1. The largest absolute Gasteiger partial charge is 0.478 e. The summed E-state index contributed by atoms with van der Waals surface area (Å²) < 4.78 is 6.67. The lowest BCUT2D eigenvalue weighted by Crippen LogP contribution is -2.49. The van der Waals surface area contributed by atoms with E-state index in [1.54, 1.807) is 54.7 Å². The first-order chi connectivity index (χ1) is 20.5. The van der Waals surface area contributed by atoms with Gasteiger partial charge in [-0.1, -0.05) is 66.7 Å². The predicted molar refractivity (Wildman–Crippen MR) is 156 cm³/mol. The minimum Gasteiger partial charge on any atom is -0.478 e. The Balaban J connectivity index is 1.49. The van der Waals surface area contributed by atoms with Crippen molar-refractivity contribution in [3.8, 4) is 17.3 Å². The van der Waals surface area contributed by atoms with Crippen LogP contribution in [-0.2, 0) is 27.3 Å². The number of hydrogen-bond donors (Lipinski definition) is 3. The van der Waals surface area contributed by atoms with Crippen molar-refractivity contribution in [1.29, 1.82) is 0 Å². The molecule has 0 aliphatic carbocycles. The minimum atomic E-state index is -1.50. The van der Waals surface area contributed by atoms with E-state index in [2.05, 4.69) is 20.6 Å². The van der Waals surface area contributed by atoms with Gasteiger partial charge in [-0.2, -0.15) is 0 Å². The van der Waals surface area contributed by atoms with Gasteiger partial charge in [-0.15, -0.1) is 0 Å². The first kappa shape index (κ1) is 29.8. The molecule has 216 valence electrons. The molecule has 3 N–H and O–H groups in total. The van der Waals surface area contributed by atoms with E-state index in [-0.39, 0.29) is 31.0 Å². The smallest absolute Gasteiger partial charge is 0.278 e. The number of amides is 2. The Morgan fingerprint density at radius 2 is 1.69 bits per heavy atom. The van der Waals surface area contributed by atoms with E-state index in [1.807, 2.05) is 30.3 Å². The van der Waals surface area contributed by atoms with Gasteiger partial charge in [0, 0.05) is 24.2 Å². The maximum absolute atomic E-state index is 13.3. The Morgan fingerprint density at radius 3 is 2.38 bits per heavy atom. The molecule has 0 unspecified atom stereocenters. The number of carbonyl (C=O) groups is 3. The predicted octanol–water partition coefficient (Wildman–Crippen LogP) is 2.39. The van der Waals surface area contributed by atoms with E-state index in [0.29, 0.717) is 24.3 Å². The summed E-state index contributed by atoms with van der Waals surface area (Å²) >= 11 is 0. The molecule has 0 spiro atoms. The summed E-state index contributed by atoms with van der Waals surface area (Å²) in [4.78, 5) is 58.8. The Labute approximate surface area is 242 Å². The molecule has 4 aromatic rings. The number of benzene rings is 2. The first-order valence-electron chi connectivity index (χ1n) is 13.4. The van der Waals surface area contributed by atoms with Crippen LogP contribution >= 0.6 is 0 Å². The van der Waals surface area contributed by atoms with E-state index in [0.717, 1.165) is 10.1 Å². The van der Waals surface area contributed by atoms with Gasteiger partial charge in [0.25, 0.3) is 5.56 Å². The van der Waals surface area contributed by atoms with Crippen LogP contribution in [0.1, 0.15) is 18.4 Å². The second-order valence-electron chi connectivity index (χ2n) is 9.41. The zero-order valence-corrected chi connectivity index (χ0v) is 22.8. The number of ketones is 1. The van der Waals surface area contributed by atoms with Crippen LogP contribution < -0.4 is 20.9 Å². The normalized spacial score (nSPS) is 12.1. The Morgan fingerprint density at radius 1 is 0.976 bits per heavy atom. The summed E-state index contributed by atoms with van der Waals surface area (Å²) in [6, 6.07) is 22.2. The number of aliphatic hydroxyl groups is 1. The monoisotopic (exact) mass is 569 g/mol. The van der Waals surface area contributed by atoms with Crippen LogP contribution in [0.4, 0.5) is 5.69 Å². The summed E-state index contributed by atoms with van der Waals surface area (Å²) in [5.41, 5.74) is 0.662. The summed E-state index contributed by atoms with van der Waals surface area (Å²) in [6.07, 6.45) is 2.22. The maximum Gasteiger partial charge on any atom is 0.278 e. The van der Waals surface area contributed by atoms with Crippen LogP contribution in [0.3, 0.4) is 0 Å². The van der Waals surface area contributed by atoms with E-state index in [4.69, 9.17) is 4.74 Å². The van der Waals surface area contributed by atoms with Crippen molar-refractivity contribution in [3.05, 3.63) is 107 Å². The van der Waals surface area contributed by atoms with Crippen molar-refractivity contribution in [2.24, 2.45) is 0 Å². The standard InChI is InChI=1S/C31H31N5O6/c37-21-34-25-19-33-30(23-12-5-2-6-13-23)36(31(25)41)20-27(39)35-24(18-22-10-3-1-4-11-22)29(40)26(38)14-9-17-42-28-15-7-8-16-32-28/h1-8,10-13,15-16,19,21,24,29,40H,9,14,17-18,20H2,(H,34,37)(H,35,39)/t24-,29+/m0/s1. The van der Waals surface area contributed by atoms with Gasteiger partial charge in [0.1, 0.15) is 24.2 Å². The lowest BCUT2D eigenvalue weighted by atomic mass is 9.96. The average Bonchev–Trinajstić information content (AvgIpc) is 3.02. The van der Waals surface area contributed by atoms with Crippen molar-refractivity contribution in [1.82, 2.24) is 19.9 Å². The number of nitrogens with zero attached hydrogens (tertiary/aromatic N) is 3. The van der Waals surface area contributed by atoms with E-state index in [1.165, 1.54) is 6.20 Å². The summed E-state index contributed by atoms with van der Waals surface area (Å²) in [6.45, 7) is -0.233. The third-order valence-corrected chi connectivity index (χ3v) is 6.41. The number of rotatable bonds is 15. The first-order valence-corrected chi connectivity index (χ1v) is 13.4. The summed E-state index contributed by atoms with van der Waals surface area (Å²) in [5, 5.41) is 16.1. The second-order valence-corrected chi connectivity index (χ2v) is 9.41. The highest BCUT2D eigenvalue weighted by atomic mass is 16.5. The topological polar surface area (TPSA) is 153 Å². The highest BCUT2D eigenvalue weighted by Crippen LogP contribution is 2.17. The van der Waals surface area contributed by atoms with Crippen LogP contribution in [0, 0.1) is 0 Å². The number of ether oxygens (including phenoxy) is 1. The van der Waals surface area contributed by atoms with Gasteiger partial charge >= 0.3 is 0 Å². The molecule has 2 aromatic carbocycles. The molecule has 0 radical (unpaired) electrons. The molecule has 2 aromatic heterocycles. The van der Waals surface area contributed by atoms with Crippen molar-refractivity contribution in [2.45, 2.75) is 38.0 Å². The van der Waals surface area contributed by atoms with Crippen LogP contribution in [0.15, 0.2) is 96.1 Å². The number of nitrogens with one attached hydrogen (secondary N) is 2. The second kappa shape index (κ2) is 15.0. The number of carbonyl (C=O) groups excluding carboxylic acids is 3. The van der Waals surface area contributed by atoms with Gasteiger partial charge in [-0.3, -0.25) is 23.7 Å². The summed E-state index contributed by atoms with van der Waals surface area (Å²) in [7, 11) is 0. The number of pyridine rings is 1. The van der Waals surface area contributed by atoms with Gasteiger partial charge in [-0.25, -0.2) is 9.97 Å². The molecule has 2 heterocycles. The van der Waals surface area contributed by atoms with Gasteiger partial charge < -0.3 is 20.5 Å². The van der Waals surface area contributed by atoms with Crippen LogP contribution in [0.5, 0.6) is 5.88 Å². The average molecular weight is 570 g/mol.